The minimum atomic E-state index is -0.973. The molecule has 1 aromatic carbocycles. The third-order valence-corrected chi connectivity index (χ3v) is 3.21. The maximum absolute atomic E-state index is 11.8. The summed E-state index contributed by atoms with van der Waals surface area (Å²) in [4.78, 5) is 34.6. The van der Waals surface area contributed by atoms with E-state index < -0.39 is 29.9 Å². The quantitative estimate of drug-likeness (QED) is 0.634. The molecule has 0 spiro atoms. The Bertz CT molecular complexity index is 612. The standard InChI is InChI=1S/C16H20N4O4/c1-11(7-8-17)14(15(18)22)20-13(21)9-19-16(23)24-10-12-5-3-2-4-6-12/h2-6,11,14H,7,9-10H2,1H3,(H2,18,22)(H,19,23)(H,20,21)/t11-,14+/m0/s1. The molecule has 24 heavy (non-hydrogen) atoms. The van der Waals surface area contributed by atoms with Crippen molar-refractivity contribution in [2.45, 2.75) is 26.0 Å². The number of alkyl carbamates (subject to hydrolysis) is 1. The van der Waals surface area contributed by atoms with Gasteiger partial charge in [-0.3, -0.25) is 9.59 Å². The minimum absolute atomic E-state index is 0.0699. The highest BCUT2D eigenvalue weighted by molar-refractivity contribution is 5.88. The van der Waals surface area contributed by atoms with E-state index in [1.54, 1.807) is 19.1 Å². The molecule has 0 heterocycles. The average Bonchev–Trinajstić information content (AvgIpc) is 2.56. The van der Waals surface area contributed by atoms with Crippen molar-refractivity contribution in [2.75, 3.05) is 6.54 Å². The van der Waals surface area contributed by atoms with Crippen LogP contribution >= 0.6 is 0 Å². The van der Waals surface area contributed by atoms with Gasteiger partial charge in [0.25, 0.3) is 0 Å². The molecular weight excluding hydrogens is 312 g/mol. The molecule has 0 bridgehead atoms. The number of nitrogens with zero attached hydrogens (tertiary/aromatic N) is 1. The Hall–Kier alpha value is -3.08. The molecular formula is C16H20N4O4. The number of nitriles is 1. The summed E-state index contributed by atoms with van der Waals surface area (Å²) < 4.78 is 4.95. The van der Waals surface area contributed by atoms with Gasteiger partial charge in [0.15, 0.2) is 0 Å². The number of carbonyl (C=O) groups is 3. The van der Waals surface area contributed by atoms with Gasteiger partial charge in [-0.05, 0) is 11.5 Å². The molecule has 0 aliphatic carbocycles. The van der Waals surface area contributed by atoms with Crippen molar-refractivity contribution in [2.24, 2.45) is 11.7 Å². The third-order valence-electron chi connectivity index (χ3n) is 3.21. The molecule has 1 aromatic rings. The molecule has 3 amide bonds. The fourth-order valence-corrected chi connectivity index (χ4v) is 1.91. The SMILES string of the molecule is C[C@@H](CC#N)[C@@H](NC(=O)CNC(=O)OCc1ccccc1)C(N)=O. The van der Waals surface area contributed by atoms with E-state index in [0.29, 0.717) is 0 Å². The first-order valence-electron chi connectivity index (χ1n) is 7.34. The molecule has 0 fully saturated rings. The number of nitrogens with two attached hydrogens (primary N) is 1. The monoisotopic (exact) mass is 332 g/mol. The van der Waals surface area contributed by atoms with Crippen LogP contribution in [0.1, 0.15) is 18.9 Å². The van der Waals surface area contributed by atoms with E-state index in [0.717, 1.165) is 5.56 Å². The summed E-state index contributed by atoms with van der Waals surface area (Å²) in [6.45, 7) is 1.34. The van der Waals surface area contributed by atoms with E-state index in [1.807, 2.05) is 24.3 Å². The lowest BCUT2D eigenvalue weighted by Crippen LogP contribution is -2.51. The average molecular weight is 332 g/mol. The van der Waals surface area contributed by atoms with Crippen LogP contribution in [0.25, 0.3) is 0 Å². The van der Waals surface area contributed by atoms with Crippen molar-refractivity contribution in [1.82, 2.24) is 10.6 Å². The Morgan fingerprint density at radius 3 is 2.54 bits per heavy atom. The molecule has 0 saturated carbocycles. The first-order valence-corrected chi connectivity index (χ1v) is 7.34. The molecule has 2 atom stereocenters. The third kappa shape index (κ3) is 6.79. The zero-order chi connectivity index (χ0) is 17.9. The lowest BCUT2D eigenvalue weighted by molar-refractivity contribution is -0.127. The summed E-state index contributed by atoms with van der Waals surface area (Å²) in [6, 6.07) is 10.0. The summed E-state index contributed by atoms with van der Waals surface area (Å²) in [5.74, 6) is -1.76. The van der Waals surface area contributed by atoms with Gasteiger partial charge >= 0.3 is 6.09 Å². The summed E-state index contributed by atoms with van der Waals surface area (Å²) in [6.07, 6.45) is -0.685. The highest BCUT2D eigenvalue weighted by atomic mass is 16.5. The second-order valence-electron chi connectivity index (χ2n) is 5.20. The Balaban J connectivity index is 2.37. The Morgan fingerprint density at radius 1 is 1.29 bits per heavy atom. The molecule has 0 saturated heterocycles. The molecule has 0 aliphatic heterocycles. The zero-order valence-electron chi connectivity index (χ0n) is 13.3. The van der Waals surface area contributed by atoms with Gasteiger partial charge < -0.3 is 21.1 Å². The topological polar surface area (TPSA) is 134 Å². The Labute approximate surface area is 140 Å². The van der Waals surface area contributed by atoms with Crippen LogP contribution in [-0.4, -0.2) is 30.5 Å². The van der Waals surface area contributed by atoms with Gasteiger partial charge in [0, 0.05) is 6.42 Å². The summed E-state index contributed by atoms with van der Waals surface area (Å²) in [7, 11) is 0. The second kappa shape index (κ2) is 9.84. The lowest BCUT2D eigenvalue weighted by atomic mass is 9.98. The van der Waals surface area contributed by atoms with Crippen molar-refractivity contribution < 1.29 is 19.1 Å². The number of hydrogen-bond donors (Lipinski definition) is 3. The van der Waals surface area contributed by atoms with E-state index in [4.69, 9.17) is 15.7 Å². The van der Waals surface area contributed by atoms with Crippen LogP contribution in [0.5, 0.6) is 0 Å². The molecule has 0 radical (unpaired) electrons. The van der Waals surface area contributed by atoms with Crippen LogP contribution in [0.4, 0.5) is 4.79 Å². The molecule has 0 aliphatic rings. The van der Waals surface area contributed by atoms with Crippen LogP contribution < -0.4 is 16.4 Å². The van der Waals surface area contributed by atoms with Crippen LogP contribution in [-0.2, 0) is 20.9 Å². The second-order valence-corrected chi connectivity index (χ2v) is 5.20. The molecule has 128 valence electrons. The van der Waals surface area contributed by atoms with Crippen molar-refractivity contribution in [3.05, 3.63) is 35.9 Å². The van der Waals surface area contributed by atoms with E-state index >= 15 is 0 Å². The number of rotatable bonds is 8. The highest BCUT2D eigenvalue weighted by Crippen LogP contribution is 2.07. The van der Waals surface area contributed by atoms with Gasteiger partial charge in [-0.2, -0.15) is 5.26 Å². The van der Waals surface area contributed by atoms with Gasteiger partial charge in [-0.15, -0.1) is 0 Å². The smallest absolute Gasteiger partial charge is 0.407 e. The number of primary amides is 1. The molecule has 4 N–H and O–H groups in total. The van der Waals surface area contributed by atoms with Gasteiger partial charge in [0.05, 0.1) is 6.07 Å². The normalized spacial score (nSPS) is 12.3. The van der Waals surface area contributed by atoms with E-state index in [2.05, 4.69) is 10.6 Å². The van der Waals surface area contributed by atoms with Gasteiger partial charge in [0.2, 0.25) is 11.8 Å². The number of ether oxygens (including phenoxy) is 1. The maximum atomic E-state index is 11.8. The predicted octanol–water partition coefficient (Wildman–Crippen LogP) is 0.433. The number of benzene rings is 1. The predicted molar refractivity (Wildman–Crippen MR) is 85.1 cm³/mol. The Kier molecular flexibility index (Phi) is 7.78. The van der Waals surface area contributed by atoms with Crippen LogP contribution in [0.3, 0.4) is 0 Å². The van der Waals surface area contributed by atoms with Gasteiger partial charge in [-0.1, -0.05) is 37.3 Å². The van der Waals surface area contributed by atoms with E-state index in [1.165, 1.54) is 0 Å². The fraction of sp³-hybridized carbons (Fsp3) is 0.375. The zero-order valence-corrected chi connectivity index (χ0v) is 13.3. The van der Waals surface area contributed by atoms with E-state index in [9.17, 15) is 14.4 Å². The maximum Gasteiger partial charge on any atom is 0.407 e. The number of hydrogen-bond acceptors (Lipinski definition) is 5. The summed E-state index contributed by atoms with van der Waals surface area (Å²) in [5, 5.41) is 13.3. The lowest BCUT2D eigenvalue weighted by Gasteiger charge is -2.20. The number of carbonyl (C=O) groups excluding carboxylic acids is 3. The largest absolute Gasteiger partial charge is 0.445 e. The minimum Gasteiger partial charge on any atom is -0.445 e. The van der Waals surface area contributed by atoms with Gasteiger partial charge in [0.1, 0.15) is 19.2 Å². The first kappa shape index (κ1) is 19.0. The van der Waals surface area contributed by atoms with Gasteiger partial charge in [-0.25, -0.2) is 4.79 Å². The summed E-state index contributed by atoms with van der Waals surface area (Å²) in [5.41, 5.74) is 6.03. The van der Waals surface area contributed by atoms with Crippen molar-refractivity contribution >= 4 is 17.9 Å². The molecule has 0 unspecified atom stereocenters. The van der Waals surface area contributed by atoms with Crippen molar-refractivity contribution in [3.63, 3.8) is 0 Å². The highest BCUT2D eigenvalue weighted by Gasteiger charge is 2.24. The number of nitrogens with one attached hydrogen (secondary N) is 2. The van der Waals surface area contributed by atoms with Crippen LogP contribution in [0.2, 0.25) is 0 Å². The molecule has 8 nitrogen and oxygen atoms in total. The van der Waals surface area contributed by atoms with E-state index in [-0.39, 0.29) is 19.6 Å². The van der Waals surface area contributed by atoms with Crippen LogP contribution in [0.15, 0.2) is 30.3 Å². The first-order chi connectivity index (χ1) is 11.4. The summed E-state index contributed by atoms with van der Waals surface area (Å²) >= 11 is 0. The van der Waals surface area contributed by atoms with Crippen LogP contribution in [0, 0.1) is 17.2 Å². The molecule has 8 heteroatoms. The fourth-order valence-electron chi connectivity index (χ4n) is 1.91. The molecule has 1 rings (SSSR count). The van der Waals surface area contributed by atoms with Crippen molar-refractivity contribution in [1.29, 1.82) is 5.26 Å². The number of amides is 3. The Morgan fingerprint density at radius 2 is 1.96 bits per heavy atom. The molecule has 0 aromatic heterocycles. The van der Waals surface area contributed by atoms with Crippen molar-refractivity contribution in [3.8, 4) is 6.07 Å².